The quantitative estimate of drug-likeness (QED) is 0.245. The molecule has 4 heterocycles. The first-order valence-corrected chi connectivity index (χ1v) is 14.3. The molecule has 2 saturated heterocycles. The van der Waals surface area contributed by atoms with Crippen LogP contribution in [-0.4, -0.2) is 59.4 Å². The SMILES string of the molecule is COC(=O)c1cn(C)c2cc(N3CC4CC3CN4CCc3c(-c4c(Cl)cccc4Cl)noc3C3CC3)ccc12. The van der Waals surface area contributed by atoms with E-state index in [4.69, 9.17) is 32.5 Å². The Hall–Kier alpha value is -3.00. The second-order valence-corrected chi connectivity index (χ2v) is 11.8. The van der Waals surface area contributed by atoms with Crippen molar-refractivity contribution in [3.05, 3.63) is 69.5 Å². The Morgan fingerprint density at radius 3 is 2.62 bits per heavy atom. The van der Waals surface area contributed by atoms with Crippen LogP contribution in [0.5, 0.6) is 0 Å². The number of aromatic nitrogens is 2. The number of fused-ring (bicyclic) bond motifs is 3. The molecule has 2 atom stereocenters. The lowest BCUT2D eigenvalue weighted by Crippen LogP contribution is -2.47. The minimum Gasteiger partial charge on any atom is -0.465 e. The van der Waals surface area contributed by atoms with Crippen molar-refractivity contribution in [3.8, 4) is 11.3 Å². The number of anilines is 1. The van der Waals surface area contributed by atoms with Crippen molar-refractivity contribution in [1.29, 1.82) is 0 Å². The van der Waals surface area contributed by atoms with Gasteiger partial charge in [0.05, 0.1) is 28.2 Å². The third kappa shape index (κ3) is 4.22. The van der Waals surface area contributed by atoms with Gasteiger partial charge in [0, 0.05) is 73.1 Å². The van der Waals surface area contributed by atoms with E-state index in [0.29, 0.717) is 33.6 Å². The Morgan fingerprint density at radius 2 is 1.92 bits per heavy atom. The number of carbonyl (C=O) groups is 1. The summed E-state index contributed by atoms with van der Waals surface area (Å²) in [5.74, 6) is 1.16. The zero-order valence-electron chi connectivity index (χ0n) is 22.0. The van der Waals surface area contributed by atoms with Gasteiger partial charge in [0.2, 0.25) is 0 Å². The van der Waals surface area contributed by atoms with Crippen molar-refractivity contribution >= 4 is 45.8 Å². The Labute approximate surface area is 237 Å². The fraction of sp³-hybridized carbons (Fsp3) is 0.400. The molecule has 202 valence electrons. The van der Waals surface area contributed by atoms with Crippen LogP contribution in [0.25, 0.3) is 22.2 Å². The average molecular weight is 566 g/mol. The largest absolute Gasteiger partial charge is 0.465 e. The van der Waals surface area contributed by atoms with Crippen molar-refractivity contribution in [2.45, 2.75) is 43.7 Å². The van der Waals surface area contributed by atoms with Gasteiger partial charge in [-0.15, -0.1) is 0 Å². The number of esters is 1. The van der Waals surface area contributed by atoms with Crippen molar-refractivity contribution in [1.82, 2.24) is 14.6 Å². The first-order chi connectivity index (χ1) is 18.9. The van der Waals surface area contributed by atoms with Crippen LogP contribution in [0, 0.1) is 0 Å². The summed E-state index contributed by atoms with van der Waals surface area (Å²) in [6.45, 7) is 2.96. The van der Waals surface area contributed by atoms with Crippen molar-refractivity contribution in [2.24, 2.45) is 7.05 Å². The Morgan fingerprint density at radius 1 is 1.13 bits per heavy atom. The maximum absolute atomic E-state index is 12.2. The summed E-state index contributed by atoms with van der Waals surface area (Å²) in [5.41, 5.74) is 5.57. The lowest BCUT2D eigenvalue weighted by Gasteiger charge is -2.35. The molecule has 1 aliphatic carbocycles. The Balaban J connectivity index is 1.08. The molecule has 9 heteroatoms. The minimum atomic E-state index is -0.304. The summed E-state index contributed by atoms with van der Waals surface area (Å²) in [5, 5.41) is 6.59. The normalized spacial score (nSPS) is 20.9. The maximum Gasteiger partial charge on any atom is 0.340 e. The second-order valence-electron chi connectivity index (χ2n) is 11.0. The summed E-state index contributed by atoms with van der Waals surface area (Å²) in [4.78, 5) is 17.3. The molecule has 1 saturated carbocycles. The molecule has 2 unspecified atom stereocenters. The van der Waals surface area contributed by atoms with Crippen LogP contribution in [0.4, 0.5) is 5.69 Å². The number of methoxy groups -OCH3 is 1. The van der Waals surface area contributed by atoms with Gasteiger partial charge in [-0.2, -0.15) is 0 Å². The van der Waals surface area contributed by atoms with Crippen LogP contribution < -0.4 is 4.90 Å². The highest BCUT2D eigenvalue weighted by molar-refractivity contribution is 6.39. The molecule has 0 spiro atoms. The zero-order chi connectivity index (χ0) is 26.8. The topological polar surface area (TPSA) is 63.7 Å². The van der Waals surface area contributed by atoms with Crippen LogP contribution in [0.2, 0.25) is 10.0 Å². The fourth-order valence-electron chi connectivity index (χ4n) is 6.57. The monoisotopic (exact) mass is 564 g/mol. The first-order valence-electron chi connectivity index (χ1n) is 13.5. The molecule has 3 fully saturated rings. The summed E-state index contributed by atoms with van der Waals surface area (Å²) in [6, 6.07) is 12.9. The van der Waals surface area contributed by atoms with Gasteiger partial charge >= 0.3 is 5.97 Å². The number of likely N-dealkylation sites (tertiary alicyclic amines) is 1. The number of nitrogens with zero attached hydrogens (tertiary/aromatic N) is 4. The highest BCUT2D eigenvalue weighted by Crippen LogP contribution is 2.46. The molecule has 2 bridgehead atoms. The van der Waals surface area contributed by atoms with Crippen LogP contribution in [-0.2, 0) is 18.2 Å². The molecule has 4 aromatic rings. The van der Waals surface area contributed by atoms with Crippen LogP contribution in [0.3, 0.4) is 0 Å². The minimum absolute atomic E-state index is 0.304. The summed E-state index contributed by atoms with van der Waals surface area (Å²) in [7, 11) is 3.39. The zero-order valence-corrected chi connectivity index (χ0v) is 23.5. The molecule has 3 aliphatic rings. The molecule has 39 heavy (non-hydrogen) atoms. The number of hydrogen-bond acceptors (Lipinski definition) is 6. The van der Waals surface area contributed by atoms with E-state index < -0.39 is 0 Å². The van der Waals surface area contributed by atoms with E-state index in [1.165, 1.54) is 12.8 Å². The van der Waals surface area contributed by atoms with E-state index >= 15 is 0 Å². The van der Waals surface area contributed by atoms with Gasteiger partial charge in [-0.05, 0) is 56.0 Å². The number of carbonyl (C=O) groups excluding carboxylic acids is 1. The van der Waals surface area contributed by atoms with Crippen LogP contribution in [0.1, 0.15) is 46.9 Å². The van der Waals surface area contributed by atoms with Gasteiger partial charge < -0.3 is 18.7 Å². The number of piperazine rings is 1. The van der Waals surface area contributed by atoms with Crippen molar-refractivity contribution in [2.75, 3.05) is 31.6 Å². The van der Waals surface area contributed by atoms with E-state index in [0.717, 1.165) is 78.8 Å². The Bertz CT molecular complexity index is 1570. The molecule has 2 aromatic carbocycles. The molecular formula is C30H30Cl2N4O3. The van der Waals surface area contributed by atoms with Gasteiger partial charge in [0.15, 0.2) is 0 Å². The predicted octanol–water partition coefficient (Wildman–Crippen LogP) is 6.31. The van der Waals surface area contributed by atoms with Crippen LogP contribution in [0.15, 0.2) is 47.1 Å². The molecular weight excluding hydrogens is 535 g/mol. The predicted molar refractivity (Wildman–Crippen MR) is 153 cm³/mol. The molecule has 0 amide bonds. The van der Waals surface area contributed by atoms with E-state index in [9.17, 15) is 4.79 Å². The van der Waals surface area contributed by atoms with E-state index in [1.54, 1.807) is 0 Å². The van der Waals surface area contributed by atoms with Crippen LogP contribution >= 0.6 is 23.2 Å². The molecule has 7 nitrogen and oxygen atoms in total. The molecule has 2 aliphatic heterocycles. The van der Waals surface area contributed by atoms with Crippen molar-refractivity contribution < 1.29 is 14.1 Å². The number of aryl methyl sites for hydroxylation is 1. The van der Waals surface area contributed by atoms with E-state index in [1.807, 2.05) is 42.1 Å². The van der Waals surface area contributed by atoms with Gasteiger partial charge in [-0.3, -0.25) is 4.90 Å². The van der Waals surface area contributed by atoms with E-state index in [-0.39, 0.29) is 5.97 Å². The van der Waals surface area contributed by atoms with E-state index in [2.05, 4.69) is 27.1 Å². The number of benzene rings is 2. The lowest BCUT2D eigenvalue weighted by atomic mass is 10.0. The fourth-order valence-corrected chi connectivity index (χ4v) is 7.15. The van der Waals surface area contributed by atoms with Gasteiger partial charge in [-0.1, -0.05) is 34.4 Å². The lowest BCUT2D eigenvalue weighted by molar-refractivity contribution is 0.0602. The summed E-state index contributed by atoms with van der Waals surface area (Å²) in [6.07, 6.45) is 6.16. The Kier molecular flexibility index (Phi) is 6.14. The number of halogens is 2. The smallest absolute Gasteiger partial charge is 0.340 e. The molecule has 2 aromatic heterocycles. The van der Waals surface area contributed by atoms with Gasteiger partial charge in [0.25, 0.3) is 0 Å². The highest BCUT2D eigenvalue weighted by Gasteiger charge is 2.43. The number of ether oxygens (including phenoxy) is 1. The average Bonchev–Trinajstić information content (AvgIpc) is 3.24. The molecule has 0 radical (unpaired) electrons. The highest BCUT2D eigenvalue weighted by atomic mass is 35.5. The molecule has 7 rings (SSSR count). The molecule has 0 N–H and O–H groups in total. The van der Waals surface area contributed by atoms with Gasteiger partial charge in [0.1, 0.15) is 11.5 Å². The standard InChI is InChI=1S/C30H30Cl2N4O3/c1-34-16-23(30(37)38-2)21-9-8-18(13-26(21)34)36-15-19-12-20(36)14-35(19)11-10-22-28(33-39-29(22)17-6-7-17)27-24(31)4-3-5-25(27)32/h3-5,8-9,13,16-17,19-20H,6-7,10-12,14-15H2,1-2H3. The summed E-state index contributed by atoms with van der Waals surface area (Å²) < 4.78 is 12.9. The second kappa shape index (κ2) is 9.58. The van der Waals surface area contributed by atoms with Gasteiger partial charge in [-0.25, -0.2) is 4.79 Å². The first kappa shape index (κ1) is 25.0. The maximum atomic E-state index is 12.2. The number of hydrogen-bond donors (Lipinski definition) is 0. The third-order valence-electron chi connectivity index (χ3n) is 8.68. The third-order valence-corrected chi connectivity index (χ3v) is 9.31. The number of rotatable bonds is 7. The summed E-state index contributed by atoms with van der Waals surface area (Å²) >= 11 is 13.1. The van der Waals surface area contributed by atoms with Crippen molar-refractivity contribution in [3.63, 3.8) is 0 Å².